The number of aliphatic imine (C=N–C) groups is 4. The average Bonchev–Trinajstić information content (AvgIpc) is 2.71. The molecule has 12 heteroatoms. The van der Waals surface area contributed by atoms with Crippen molar-refractivity contribution in [2.45, 2.75) is 52.2 Å². The van der Waals surface area contributed by atoms with Gasteiger partial charge < -0.3 is 22.9 Å². The highest BCUT2D eigenvalue weighted by atomic mass is 16.7. The number of guanidine groups is 4. The zero-order chi connectivity index (χ0) is 24.7. The number of nitrogens with zero attached hydrogens (tertiary/aromatic N) is 6. The Balaban J connectivity index is 1.62. The number of hydrogen-bond donors (Lipinski definition) is 4. The lowest BCUT2D eigenvalue weighted by Crippen LogP contribution is -2.53. The van der Waals surface area contributed by atoms with Crippen LogP contribution in [-0.4, -0.2) is 45.3 Å². The molecular weight excluding hydrogens is 436 g/mol. The maximum atomic E-state index is 6.12. The number of hydrogen-bond acceptors (Lipinski definition) is 12. The van der Waals surface area contributed by atoms with Crippen molar-refractivity contribution in [3.8, 4) is 0 Å². The molecule has 2 aliphatic heterocycles. The highest BCUT2D eigenvalue weighted by Gasteiger charge is 2.35. The minimum atomic E-state index is -0.822. The van der Waals surface area contributed by atoms with Gasteiger partial charge in [-0.25, -0.2) is 9.98 Å². The lowest BCUT2D eigenvalue weighted by Gasteiger charge is -2.37. The van der Waals surface area contributed by atoms with Gasteiger partial charge in [0.25, 0.3) is 0 Å². The number of nitrogens with two attached hydrogens (primary N) is 4. The highest BCUT2D eigenvalue weighted by Crippen LogP contribution is 2.28. The molecule has 2 aromatic carbocycles. The second-order valence-corrected chi connectivity index (χ2v) is 8.93. The zero-order valence-electron chi connectivity index (χ0n) is 19.7. The molecule has 12 nitrogen and oxygen atoms in total. The standard InChI is InChI=1S/C22H30N10O2/c1-21(2)29-17(23)27-19(25)31(21)33-11-14-10-9-13-7-5-6-8-15(13)16(14)12-34-32-20(26)28-18(24)30-22(32,3)4/h5-10H,11-12H2,1-4H3,(H4,23,25,27,29)(H4,24,26,28,30). The average molecular weight is 467 g/mol. The van der Waals surface area contributed by atoms with Crippen molar-refractivity contribution < 1.29 is 9.68 Å². The minimum Gasteiger partial charge on any atom is -0.368 e. The molecule has 0 bridgehead atoms. The van der Waals surface area contributed by atoms with Crippen LogP contribution in [0.15, 0.2) is 56.4 Å². The third-order valence-electron chi connectivity index (χ3n) is 5.47. The van der Waals surface area contributed by atoms with Crippen LogP contribution < -0.4 is 22.9 Å². The van der Waals surface area contributed by atoms with Gasteiger partial charge in [0.05, 0.1) is 0 Å². The van der Waals surface area contributed by atoms with E-state index in [2.05, 4.69) is 20.0 Å². The van der Waals surface area contributed by atoms with E-state index in [-0.39, 0.29) is 37.1 Å². The van der Waals surface area contributed by atoms with Gasteiger partial charge in [-0.3, -0.25) is 9.68 Å². The van der Waals surface area contributed by atoms with E-state index in [4.69, 9.17) is 32.6 Å². The Labute approximate surface area is 197 Å². The van der Waals surface area contributed by atoms with Gasteiger partial charge in [0.1, 0.15) is 13.2 Å². The summed E-state index contributed by atoms with van der Waals surface area (Å²) in [5.41, 5.74) is 23.8. The first kappa shape index (κ1) is 23.3. The minimum absolute atomic E-state index is 0.105. The second-order valence-electron chi connectivity index (χ2n) is 8.93. The molecule has 180 valence electrons. The fraction of sp³-hybridized carbons (Fsp3) is 0.364. The molecule has 0 aliphatic carbocycles. The van der Waals surface area contributed by atoms with Crippen LogP contribution in [0.1, 0.15) is 38.8 Å². The lowest BCUT2D eigenvalue weighted by molar-refractivity contribution is -0.172. The molecule has 0 saturated heterocycles. The highest BCUT2D eigenvalue weighted by molar-refractivity contribution is 5.96. The van der Waals surface area contributed by atoms with Gasteiger partial charge in [0.15, 0.2) is 11.3 Å². The van der Waals surface area contributed by atoms with E-state index < -0.39 is 11.3 Å². The molecule has 0 unspecified atom stereocenters. The summed E-state index contributed by atoms with van der Waals surface area (Å²) in [5.74, 6) is 0.470. The summed E-state index contributed by atoms with van der Waals surface area (Å²) in [6.07, 6.45) is 0. The molecule has 2 aliphatic rings. The zero-order valence-corrected chi connectivity index (χ0v) is 19.7. The fourth-order valence-electron chi connectivity index (χ4n) is 3.99. The normalized spacial score (nSPS) is 19.4. The van der Waals surface area contributed by atoms with Gasteiger partial charge in [-0.05, 0) is 49.6 Å². The molecule has 0 saturated carbocycles. The van der Waals surface area contributed by atoms with Crippen LogP contribution in [0.2, 0.25) is 0 Å². The smallest absolute Gasteiger partial charge is 0.226 e. The molecule has 0 fully saturated rings. The molecule has 0 atom stereocenters. The first-order valence-electron chi connectivity index (χ1n) is 10.7. The van der Waals surface area contributed by atoms with E-state index in [0.717, 1.165) is 21.9 Å². The number of fused-ring (bicyclic) bond motifs is 1. The van der Waals surface area contributed by atoms with Crippen molar-refractivity contribution in [1.82, 2.24) is 10.1 Å². The van der Waals surface area contributed by atoms with E-state index in [9.17, 15) is 0 Å². The van der Waals surface area contributed by atoms with Gasteiger partial charge in [0.2, 0.25) is 23.8 Å². The van der Waals surface area contributed by atoms with Gasteiger partial charge in [0, 0.05) is 0 Å². The Bertz CT molecular complexity index is 1230. The van der Waals surface area contributed by atoms with Crippen LogP contribution >= 0.6 is 0 Å². The van der Waals surface area contributed by atoms with Crippen LogP contribution in [0.3, 0.4) is 0 Å². The third-order valence-corrected chi connectivity index (χ3v) is 5.47. The lowest BCUT2D eigenvalue weighted by atomic mass is 10.00. The molecule has 8 N–H and O–H groups in total. The Morgan fingerprint density at radius 2 is 1.26 bits per heavy atom. The molecule has 0 radical (unpaired) electrons. The topological polar surface area (TPSA) is 178 Å². The van der Waals surface area contributed by atoms with Crippen molar-refractivity contribution in [1.29, 1.82) is 0 Å². The molecule has 34 heavy (non-hydrogen) atoms. The molecule has 2 heterocycles. The van der Waals surface area contributed by atoms with Crippen LogP contribution in [0.4, 0.5) is 0 Å². The molecule has 0 amide bonds. The summed E-state index contributed by atoms with van der Waals surface area (Å²) >= 11 is 0. The van der Waals surface area contributed by atoms with Crippen molar-refractivity contribution >= 4 is 34.6 Å². The SMILES string of the molecule is CC1(C)N=C(N)N=C(N)N1OCc1ccc2ccccc2c1CON1C(N)=NC(N)=NC1(C)C. The second kappa shape index (κ2) is 8.47. The van der Waals surface area contributed by atoms with Crippen molar-refractivity contribution in [2.75, 3.05) is 0 Å². The predicted molar refractivity (Wildman–Crippen MR) is 132 cm³/mol. The van der Waals surface area contributed by atoms with E-state index in [1.54, 1.807) is 0 Å². The van der Waals surface area contributed by atoms with Crippen LogP contribution in [0, 0.1) is 0 Å². The van der Waals surface area contributed by atoms with Crippen LogP contribution in [0.25, 0.3) is 10.8 Å². The van der Waals surface area contributed by atoms with Gasteiger partial charge in [-0.1, -0.05) is 36.4 Å². The fourth-order valence-corrected chi connectivity index (χ4v) is 3.99. The summed E-state index contributed by atoms with van der Waals surface area (Å²) < 4.78 is 0. The van der Waals surface area contributed by atoms with Gasteiger partial charge >= 0.3 is 0 Å². The summed E-state index contributed by atoms with van der Waals surface area (Å²) in [4.78, 5) is 28.8. The first-order chi connectivity index (χ1) is 16.0. The molecule has 0 spiro atoms. The van der Waals surface area contributed by atoms with Gasteiger partial charge in [-0.15, -0.1) is 0 Å². The Morgan fingerprint density at radius 1 is 0.735 bits per heavy atom. The summed E-state index contributed by atoms with van der Waals surface area (Å²) in [7, 11) is 0. The van der Waals surface area contributed by atoms with E-state index in [0.29, 0.717) is 0 Å². The maximum Gasteiger partial charge on any atom is 0.226 e. The van der Waals surface area contributed by atoms with E-state index >= 15 is 0 Å². The summed E-state index contributed by atoms with van der Waals surface area (Å²) in [5, 5.41) is 4.97. The molecule has 0 aromatic heterocycles. The maximum absolute atomic E-state index is 6.12. The van der Waals surface area contributed by atoms with E-state index in [1.807, 2.05) is 64.1 Å². The van der Waals surface area contributed by atoms with Crippen molar-refractivity contribution in [3.05, 3.63) is 47.5 Å². The Morgan fingerprint density at radius 3 is 1.82 bits per heavy atom. The summed E-state index contributed by atoms with van der Waals surface area (Å²) in [6, 6.07) is 12.0. The van der Waals surface area contributed by atoms with Crippen LogP contribution in [0.5, 0.6) is 0 Å². The van der Waals surface area contributed by atoms with E-state index in [1.165, 1.54) is 10.1 Å². The largest absolute Gasteiger partial charge is 0.368 e. The quantitative estimate of drug-likeness (QED) is 0.488. The van der Waals surface area contributed by atoms with Gasteiger partial charge in [-0.2, -0.15) is 20.1 Å². The van der Waals surface area contributed by atoms with Crippen molar-refractivity contribution in [2.24, 2.45) is 42.9 Å². The molecular formula is C22H30N10O2. The monoisotopic (exact) mass is 466 g/mol. The first-order valence-corrected chi connectivity index (χ1v) is 10.7. The molecule has 2 aromatic rings. The Kier molecular flexibility index (Phi) is 5.79. The van der Waals surface area contributed by atoms with Crippen molar-refractivity contribution in [3.63, 3.8) is 0 Å². The van der Waals surface area contributed by atoms with Crippen LogP contribution in [-0.2, 0) is 22.9 Å². The number of rotatable bonds is 6. The number of hydroxylamine groups is 4. The summed E-state index contributed by atoms with van der Waals surface area (Å²) in [6.45, 7) is 7.71. The third kappa shape index (κ3) is 4.45. The Hall–Kier alpha value is -3.90. The number of benzene rings is 2. The molecule has 4 rings (SSSR count). The predicted octanol–water partition coefficient (Wildman–Crippen LogP) is 1.07.